The van der Waals surface area contributed by atoms with E-state index in [4.69, 9.17) is 9.97 Å². The molecule has 0 unspecified atom stereocenters. The predicted molar refractivity (Wildman–Crippen MR) is 95.9 cm³/mol. The second-order valence-electron chi connectivity index (χ2n) is 6.48. The van der Waals surface area contributed by atoms with Gasteiger partial charge in [0.25, 0.3) is 0 Å². The van der Waals surface area contributed by atoms with Gasteiger partial charge in [0.15, 0.2) is 5.82 Å². The van der Waals surface area contributed by atoms with Gasteiger partial charge in [0.05, 0.1) is 0 Å². The van der Waals surface area contributed by atoms with E-state index in [1.807, 2.05) is 30.0 Å². The SMILES string of the molecule is CSC1(CNc2nc(-c3ccccn3)nc3c2CCC3)CCC1. The Morgan fingerprint density at radius 2 is 2.09 bits per heavy atom. The zero-order valence-electron chi connectivity index (χ0n) is 13.5. The Morgan fingerprint density at radius 1 is 1.17 bits per heavy atom. The molecule has 0 atom stereocenters. The van der Waals surface area contributed by atoms with Gasteiger partial charge in [0.2, 0.25) is 0 Å². The molecule has 0 bridgehead atoms. The molecule has 1 N–H and O–H groups in total. The summed E-state index contributed by atoms with van der Waals surface area (Å²) in [6, 6.07) is 5.90. The van der Waals surface area contributed by atoms with Crippen molar-refractivity contribution in [3.05, 3.63) is 35.7 Å². The van der Waals surface area contributed by atoms with Crippen LogP contribution in [0, 0.1) is 0 Å². The number of nitrogens with zero attached hydrogens (tertiary/aromatic N) is 3. The van der Waals surface area contributed by atoms with Crippen molar-refractivity contribution in [1.29, 1.82) is 0 Å². The van der Waals surface area contributed by atoms with Crippen molar-refractivity contribution in [1.82, 2.24) is 15.0 Å². The van der Waals surface area contributed by atoms with Gasteiger partial charge in [-0.05, 0) is 50.5 Å². The van der Waals surface area contributed by atoms with Crippen LogP contribution in [-0.4, -0.2) is 32.5 Å². The number of pyridine rings is 1. The third kappa shape index (κ3) is 2.82. The summed E-state index contributed by atoms with van der Waals surface area (Å²) in [6.45, 7) is 0.999. The van der Waals surface area contributed by atoms with Gasteiger partial charge in [-0.2, -0.15) is 11.8 Å². The van der Waals surface area contributed by atoms with Crippen molar-refractivity contribution in [2.24, 2.45) is 0 Å². The minimum absolute atomic E-state index is 0.404. The molecular weight excluding hydrogens is 304 g/mol. The lowest BCUT2D eigenvalue weighted by molar-refractivity contribution is 0.379. The summed E-state index contributed by atoms with van der Waals surface area (Å²) < 4.78 is 0.404. The second kappa shape index (κ2) is 6.11. The monoisotopic (exact) mass is 326 g/mol. The Labute approximate surface area is 141 Å². The van der Waals surface area contributed by atoms with E-state index in [9.17, 15) is 0 Å². The van der Waals surface area contributed by atoms with Crippen LogP contribution in [-0.2, 0) is 12.8 Å². The molecule has 4 nitrogen and oxygen atoms in total. The van der Waals surface area contributed by atoms with Gasteiger partial charge in [-0.1, -0.05) is 12.5 Å². The quantitative estimate of drug-likeness (QED) is 0.907. The molecule has 2 aliphatic carbocycles. The third-order valence-corrected chi connectivity index (χ3v) is 6.52. The summed E-state index contributed by atoms with van der Waals surface area (Å²) in [6.07, 6.45) is 11.3. The van der Waals surface area contributed by atoms with E-state index in [0.717, 1.165) is 36.7 Å². The van der Waals surface area contributed by atoms with Crippen LogP contribution < -0.4 is 5.32 Å². The maximum Gasteiger partial charge on any atom is 0.180 e. The zero-order valence-corrected chi connectivity index (χ0v) is 14.3. The first kappa shape index (κ1) is 14.9. The molecule has 0 amide bonds. The van der Waals surface area contributed by atoms with E-state index in [1.165, 1.54) is 36.9 Å². The Bertz CT molecular complexity index is 692. The molecule has 0 aromatic carbocycles. The average molecular weight is 326 g/mol. The predicted octanol–water partition coefficient (Wildman–Crippen LogP) is 3.72. The molecule has 1 fully saturated rings. The normalized spacial score (nSPS) is 18.3. The van der Waals surface area contributed by atoms with Crippen LogP contribution in [0.5, 0.6) is 0 Å². The summed E-state index contributed by atoms with van der Waals surface area (Å²) in [5, 5.41) is 3.65. The van der Waals surface area contributed by atoms with Crippen molar-refractivity contribution < 1.29 is 0 Å². The van der Waals surface area contributed by atoms with Gasteiger partial charge in [-0.3, -0.25) is 4.98 Å². The highest BCUT2D eigenvalue weighted by Crippen LogP contribution is 2.43. The van der Waals surface area contributed by atoms with E-state index in [0.29, 0.717) is 4.75 Å². The highest BCUT2D eigenvalue weighted by molar-refractivity contribution is 8.00. The van der Waals surface area contributed by atoms with E-state index in [2.05, 4.69) is 16.6 Å². The van der Waals surface area contributed by atoms with E-state index >= 15 is 0 Å². The van der Waals surface area contributed by atoms with Crippen LogP contribution in [0.15, 0.2) is 24.4 Å². The summed E-state index contributed by atoms with van der Waals surface area (Å²) in [5.41, 5.74) is 3.38. The lowest BCUT2D eigenvalue weighted by atomic mass is 9.84. The minimum atomic E-state index is 0.404. The van der Waals surface area contributed by atoms with Gasteiger partial charge in [-0.15, -0.1) is 0 Å². The zero-order chi connectivity index (χ0) is 15.7. The summed E-state index contributed by atoms with van der Waals surface area (Å²) in [5.74, 6) is 1.79. The van der Waals surface area contributed by atoms with E-state index in [1.54, 1.807) is 6.20 Å². The number of anilines is 1. The van der Waals surface area contributed by atoms with Gasteiger partial charge in [0.1, 0.15) is 11.5 Å². The molecule has 5 heteroatoms. The van der Waals surface area contributed by atoms with Gasteiger partial charge in [0, 0.05) is 28.7 Å². The standard InChI is InChI=1S/C18H22N4S/c1-23-18(9-5-10-18)12-20-16-13-6-4-8-14(13)21-17(22-16)15-7-2-3-11-19-15/h2-3,7,11H,4-6,8-10,12H2,1H3,(H,20,21,22). The van der Waals surface area contributed by atoms with Crippen molar-refractivity contribution in [3.8, 4) is 11.5 Å². The maximum atomic E-state index is 4.82. The molecule has 2 aromatic heterocycles. The van der Waals surface area contributed by atoms with E-state index < -0.39 is 0 Å². The lowest BCUT2D eigenvalue weighted by Crippen LogP contribution is -2.40. The van der Waals surface area contributed by atoms with Crippen molar-refractivity contribution in [2.75, 3.05) is 18.1 Å². The number of hydrogen-bond donors (Lipinski definition) is 1. The molecule has 1 saturated carbocycles. The largest absolute Gasteiger partial charge is 0.368 e. The maximum absolute atomic E-state index is 4.82. The molecule has 0 radical (unpaired) electrons. The summed E-state index contributed by atoms with van der Waals surface area (Å²) >= 11 is 1.99. The molecule has 2 aromatic rings. The van der Waals surface area contributed by atoms with Gasteiger partial charge in [-0.25, -0.2) is 9.97 Å². The Balaban J connectivity index is 1.64. The lowest BCUT2D eigenvalue weighted by Gasteiger charge is -2.40. The minimum Gasteiger partial charge on any atom is -0.368 e. The first-order valence-electron chi connectivity index (χ1n) is 8.40. The smallest absolute Gasteiger partial charge is 0.180 e. The fourth-order valence-corrected chi connectivity index (χ4v) is 4.37. The number of aryl methyl sites for hydroxylation is 1. The topological polar surface area (TPSA) is 50.7 Å². The number of aromatic nitrogens is 3. The first-order chi connectivity index (χ1) is 11.3. The Kier molecular flexibility index (Phi) is 3.97. The summed E-state index contributed by atoms with van der Waals surface area (Å²) in [7, 11) is 0. The summed E-state index contributed by atoms with van der Waals surface area (Å²) in [4.78, 5) is 14.0. The average Bonchev–Trinajstić information content (AvgIpc) is 3.03. The van der Waals surface area contributed by atoms with Gasteiger partial charge < -0.3 is 5.32 Å². The second-order valence-corrected chi connectivity index (χ2v) is 7.76. The Hall–Kier alpha value is -1.62. The first-order valence-corrected chi connectivity index (χ1v) is 9.62. The fourth-order valence-electron chi connectivity index (χ4n) is 3.46. The highest BCUT2D eigenvalue weighted by atomic mass is 32.2. The van der Waals surface area contributed by atoms with Crippen LogP contribution in [0.3, 0.4) is 0 Å². The van der Waals surface area contributed by atoms with Crippen LogP contribution in [0.2, 0.25) is 0 Å². The third-order valence-electron chi connectivity index (χ3n) is 5.10. The molecule has 2 heterocycles. The van der Waals surface area contributed by atoms with Crippen LogP contribution >= 0.6 is 11.8 Å². The van der Waals surface area contributed by atoms with Crippen molar-refractivity contribution in [2.45, 2.75) is 43.3 Å². The van der Waals surface area contributed by atoms with Gasteiger partial charge >= 0.3 is 0 Å². The molecular formula is C18H22N4S. The molecule has 0 spiro atoms. The fraction of sp³-hybridized carbons (Fsp3) is 0.500. The number of fused-ring (bicyclic) bond motifs is 1. The molecule has 0 aliphatic heterocycles. The number of rotatable bonds is 5. The number of hydrogen-bond acceptors (Lipinski definition) is 5. The molecule has 0 saturated heterocycles. The number of nitrogens with one attached hydrogen (secondary N) is 1. The van der Waals surface area contributed by atoms with Crippen molar-refractivity contribution >= 4 is 17.6 Å². The van der Waals surface area contributed by atoms with Crippen LogP contribution in [0.1, 0.15) is 36.9 Å². The van der Waals surface area contributed by atoms with Crippen LogP contribution in [0.25, 0.3) is 11.5 Å². The molecule has 4 rings (SSSR count). The molecule has 2 aliphatic rings. The van der Waals surface area contributed by atoms with E-state index in [-0.39, 0.29) is 0 Å². The molecule has 23 heavy (non-hydrogen) atoms. The Morgan fingerprint density at radius 3 is 2.78 bits per heavy atom. The molecule has 120 valence electrons. The highest BCUT2D eigenvalue weighted by Gasteiger charge is 2.36. The van der Waals surface area contributed by atoms with Crippen LogP contribution in [0.4, 0.5) is 5.82 Å². The van der Waals surface area contributed by atoms with Crippen molar-refractivity contribution in [3.63, 3.8) is 0 Å². The number of thioether (sulfide) groups is 1.